The van der Waals surface area contributed by atoms with E-state index >= 15 is 0 Å². The Morgan fingerprint density at radius 2 is 1.73 bits per heavy atom. The van der Waals surface area contributed by atoms with Crippen LogP contribution in [-0.4, -0.2) is 72.1 Å². The Kier molecular flexibility index (Phi) is 6.27. The van der Waals surface area contributed by atoms with Crippen LogP contribution in [0.1, 0.15) is 0 Å². The second-order valence-electron chi connectivity index (χ2n) is 3.76. The van der Waals surface area contributed by atoms with Crippen LogP contribution >= 0.6 is 0 Å². The Morgan fingerprint density at radius 1 is 1.18 bits per heavy atom. The minimum atomic E-state index is 0.525. The minimum absolute atomic E-state index is 0.525. The van der Waals surface area contributed by atoms with E-state index in [0.29, 0.717) is 19.4 Å². The summed E-state index contributed by atoms with van der Waals surface area (Å²) in [4.78, 5) is 4.52. The third kappa shape index (κ3) is 5.69. The van der Waals surface area contributed by atoms with Crippen molar-refractivity contribution in [2.75, 3.05) is 0 Å². The van der Waals surface area contributed by atoms with Crippen molar-refractivity contribution in [2.24, 2.45) is 4.81 Å². The van der Waals surface area contributed by atoms with Crippen molar-refractivity contribution in [3.8, 4) is 0 Å². The molecule has 0 aliphatic heterocycles. The standard InChI is InChI=1S/B10H11N/c1-6-10(9(4)5)11-7-8(2)3/h6H,1-5H2. The molecule has 0 saturated heterocycles. The monoisotopic (exact) mass is 135 g/mol. The summed E-state index contributed by atoms with van der Waals surface area (Å²) in [5, 5.41) is 0. The normalized spacial score (nSPS) is 8.73. The van der Waals surface area contributed by atoms with Crippen molar-refractivity contribution < 1.29 is 0 Å². The van der Waals surface area contributed by atoms with Crippen molar-refractivity contribution in [2.45, 2.75) is 0 Å². The summed E-state index contributed by atoms with van der Waals surface area (Å²) >= 11 is 0. The van der Waals surface area contributed by atoms with Crippen molar-refractivity contribution in [3.63, 3.8) is 0 Å². The Labute approximate surface area is 77.4 Å². The topological polar surface area (TPSA) is 12.4 Å². The van der Waals surface area contributed by atoms with Crippen molar-refractivity contribution >= 4 is 72.1 Å². The molecule has 46 valence electrons. The van der Waals surface area contributed by atoms with Gasteiger partial charge in [0.15, 0.2) is 0 Å². The molecule has 0 fully saturated rings. The van der Waals surface area contributed by atoms with Crippen LogP contribution in [0.3, 0.4) is 0 Å². The summed E-state index contributed by atoms with van der Waals surface area (Å²) in [7, 11) is 12.1. The van der Waals surface area contributed by atoms with Crippen LogP contribution in [0.2, 0.25) is 0 Å². The van der Waals surface area contributed by atoms with E-state index in [1.54, 1.807) is 0 Å². The summed E-state index contributed by atoms with van der Waals surface area (Å²) < 4.78 is 0. The first-order valence-electron chi connectivity index (χ1n) is 4.61. The molecule has 0 rings (SSSR count). The fraction of sp³-hybridized carbons (Fsp3) is 0. The zero-order valence-corrected chi connectivity index (χ0v) is 8.46. The number of hydrogen-bond acceptors (Lipinski definition) is 1. The van der Waals surface area contributed by atoms with E-state index in [9.17, 15) is 0 Å². The van der Waals surface area contributed by atoms with Crippen molar-refractivity contribution in [3.05, 3.63) is 0 Å². The quantitative estimate of drug-likeness (QED) is 0.338. The molecule has 0 aromatic rings. The molecule has 11 heavy (non-hydrogen) atoms. The molecule has 0 unspecified atom stereocenters. The first-order valence-corrected chi connectivity index (χ1v) is 4.61. The van der Waals surface area contributed by atoms with E-state index in [1.165, 1.54) is 0 Å². The molecule has 0 aromatic carbocycles. The van der Waals surface area contributed by atoms with Gasteiger partial charge >= 0.3 is 76.9 Å². The van der Waals surface area contributed by atoms with E-state index in [2.05, 4.69) is 50.5 Å². The van der Waals surface area contributed by atoms with E-state index in [0.717, 1.165) is 7.06 Å². The summed E-state index contributed by atoms with van der Waals surface area (Å²) in [5.74, 6) is 0. The molecule has 0 bridgehead atoms. The first kappa shape index (κ1) is 11.4. The summed E-state index contributed by atoms with van der Waals surface area (Å²) in [5.41, 5.74) is 0. The van der Waals surface area contributed by atoms with Crippen LogP contribution < -0.4 is 0 Å². The molecule has 0 aliphatic rings. The van der Waals surface area contributed by atoms with Gasteiger partial charge in [-0.3, -0.25) is 0 Å². The molecule has 0 radical (unpaired) electrons. The zero-order chi connectivity index (χ0) is 8.85. The first-order chi connectivity index (χ1) is 5.07. The van der Waals surface area contributed by atoms with Crippen LogP contribution in [0.15, 0.2) is 4.81 Å². The molecule has 0 saturated carbocycles. The molecular formula is H11B10N. The van der Waals surface area contributed by atoms with Gasteiger partial charge in [-0.1, -0.05) is 0 Å². The van der Waals surface area contributed by atoms with Gasteiger partial charge in [-0.15, -0.1) is 0 Å². The van der Waals surface area contributed by atoms with Gasteiger partial charge in [0.05, 0.1) is 0 Å². The third-order valence-corrected chi connectivity index (χ3v) is 1.76. The maximum atomic E-state index is 4.52. The molecule has 0 N–H and O–H groups in total. The number of rotatable bonds is 4. The van der Waals surface area contributed by atoms with E-state index in [-0.39, 0.29) is 0 Å². The van der Waals surface area contributed by atoms with Gasteiger partial charge in [-0.05, 0) is 0 Å². The fourth-order valence-electron chi connectivity index (χ4n) is 1.03. The van der Waals surface area contributed by atoms with E-state index in [1.807, 2.05) is 0 Å². The van der Waals surface area contributed by atoms with Crippen molar-refractivity contribution in [1.82, 2.24) is 0 Å². The molecule has 0 spiro atoms. The van der Waals surface area contributed by atoms with Gasteiger partial charge in [0.2, 0.25) is 0 Å². The summed E-state index contributed by atoms with van der Waals surface area (Å²) in [6.07, 6.45) is 1.26. The van der Waals surface area contributed by atoms with Crippen LogP contribution in [0, 0.1) is 0 Å². The van der Waals surface area contributed by atoms with Gasteiger partial charge in [-0.2, -0.15) is 0 Å². The predicted molar refractivity (Wildman–Crippen MR) is 75.3 cm³/mol. The maximum absolute atomic E-state index is 4.52. The van der Waals surface area contributed by atoms with Crippen LogP contribution in [0.5, 0.6) is 0 Å². The van der Waals surface area contributed by atoms with Gasteiger partial charge in [-0.25, -0.2) is 0 Å². The van der Waals surface area contributed by atoms with Crippen LogP contribution in [0.4, 0.5) is 0 Å². The molecule has 0 atom stereocenters. The second kappa shape index (κ2) is 6.02. The molecule has 0 amide bonds. The molecule has 0 aliphatic carbocycles. The Balaban J connectivity index is 3.87. The second-order valence-corrected chi connectivity index (χ2v) is 3.76. The van der Waals surface area contributed by atoms with Crippen molar-refractivity contribution in [1.29, 1.82) is 0 Å². The van der Waals surface area contributed by atoms with Crippen LogP contribution in [0.25, 0.3) is 0 Å². The van der Waals surface area contributed by atoms with Gasteiger partial charge in [0.1, 0.15) is 0 Å². The Bertz CT molecular complexity index is 114. The van der Waals surface area contributed by atoms with Gasteiger partial charge < -0.3 is 0 Å². The summed E-state index contributed by atoms with van der Waals surface area (Å²) in [6, 6.07) is 0. The Morgan fingerprint density at radius 3 is 2.00 bits per heavy atom. The van der Waals surface area contributed by atoms with Crippen LogP contribution in [-0.2, 0) is 0 Å². The molecule has 1 nitrogen and oxygen atoms in total. The molecule has 0 aromatic heterocycles. The van der Waals surface area contributed by atoms with Gasteiger partial charge in [0, 0.05) is 0 Å². The Hall–Kier alpha value is 0.449. The number of hydrogen-bond donors (Lipinski definition) is 0. The SMILES string of the molecule is BBB(/N=B/B(B)B)B(B)B. The third-order valence-electron chi connectivity index (χ3n) is 1.76. The average molecular weight is 133 g/mol. The number of nitrogens with zero attached hydrogens (tertiary/aromatic N) is 1. The molecule has 11 heteroatoms. The predicted octanol–water partition coefficient (Wildman–Crippen LogP) is -6.57. The van der Waals surface area contributed by atoms with E-state index < -0.39 is 0 Å². The summed E-state index contributed by atoms with van der Waals surface area (Å²) in [6.45, 7) is 2.59. The fourth-order valence-corrected chi connectivity index (χ4v) is 1.03. The van der Waals surface area contributed by atoms with E-state index in [4.69, 9.17) is 0 Å². The average Bonchev–Trinajstić information content (AvgIpc) is 1.87. The van der Waals surface area contributed by atoms with Gasteiger partial charge in [0.25, 0.3) is 0 Å². The zero-order valence-electron chi connectivity index (χ0n) is 8.46. The molecular weight excluding hydrogens is 122 g/mol. The molecule has 0 heterocycles.